The fraction of sp³-hybridized carbons (Fsp3) is 0.200. The second-order valence-electron chi connectivity index (χ2n) is 6.91. The Morgan fingerprint density at radius 1 is 1.12 bits per heavy atom. The van der Waals surface area contributed by atoms with Gasteiger partial charge in [0.25, 0.3) is 0 Å². The molecule has 134 valence electrons. The normalized spacial score (nSPS) is 11.4. The molecule has 0 aliphatic rings. The molecule has 0 fully saturated rings. The monoisotopic (exact) mass is 432 g/mol. The van der Waals surface area contributed by atoms with Crippen molar-refractivity contribution in [3.8, 4) is 11.6 Å². The Morgan fingerprint density at radius 2 is 1.81 bits per heavy atom. The summed E-state index contributed by atoms with van der Waals surface area (Å²) in [5.41, 5.74) is 1.81. The molecule has 0 atom stereocenters. The van der Waals surface area contributed by atoms with Crippen molar-refractivity contribution < 1.29 is 9.53 Å². The summed E-state index contributed by atoms with van der Waals surface area (Å²) in [7, 11) is 0. The van der Waals surface area contributed by atoms with Crippen molar-refractivity contribution in [1.82, 2.24) is 9.78 Å². The predicted molar refractivity (Wildman–Crippen MR) is 106 cm³/mol. The quantitative estimate of drug-likeness (QED) is 0.490. The molecule has 1 aromatic heterocycles. The van der Waals surface area contributed by atoms with E-state index < -0.39 is 5.97 Å². The van der Waals surface area contributed by atoms with Crippen LogP contribution in [0.2, 0.25) is 5.02 Å². The lowest BCUT2D eigenvalue weighted by Crippen LogP contribution is -2.13. The van der Waals surface area contributed by atoms with Crippen LogP contribution in [0.15, 0.2) is 59.1 Å². The summed E-state index contributed by atoms with van der Waals surface area (Å²) in [6.07, 6.45) is 0. The van der Waals surface area contributed by atoms with Gasteiger partial charge < -0.3 is 4.74 Å². The first-order valence-electron chi connectivity index (χ1n) is 8.08. The van der Waals surface area contributed by atoms with Gasteiger partial charge >= 0.3 is 5.97 Å². The van der Waals surface area contributed by atoms with Gasteiger partial charge in [0.05, 0.1) is 16.9 Å². The average molecular weight is 434 g/mol. The Hall–Kier alpha value is -2.11. The largest absolute Gasteiger partial charge is 0.404 e. The lowest BCUT2D eigenvalue weighted by molar-refractivity contribution is 0.0723. The molecule has 0 aliphatic carbocycles. The summed E-state index contributed by atoms with van der Waals surface area (Å²) in [4.78, 5) is 12.5. The zero-order valence-electron chi connectivity index (χ0n) is 14.7. The summed E-state index contributed by atoms with van der Waals surface area (Å²) in [6.45, 7) is 6.16. The van der Waals surface area contributed by atoms with Crippen LogP contribution in [0, 0.1) is 0 Å². The number of hydrogen-bond donors (Lipinski definition) is 0. The van der Waals surface area contributed by atoms with Crippen LogP contribution in [0.4, 0.5) is 0 Å². The van der Waals surface area contributed by atoms with E-state index in [0.717, 1.165) is 15.9 Å². The van der Waals surface area contributed by atoms with E-state index in [2.05, 4.69) is 41.8 Å². The van der Waals surface area contributed by atoms with Gasteiger partial charge in [0.1, 0.15) is 0 Å². The van der Waals surface area contributed by atoms with Crippen LogP contribution in [0.1, 0.15) is 36.8 Å². The zero-order valence-corrected chi connectivity index (χ0v) is 17.0. The van der Waals surface area contributed by atoms with E-state index in [1.54, 1.807) is 47.1 Å². The smallest absolute Gasteiger partial charge is 0.344 e. The number of halogens is 2. The minimum absolute atomic E-state index is 0.192. The molecular weight excluding hydrogens is 416 g/mol. The molecule has 0 saturated carbocycles. The summed E-state index contributed by atoms with van der Waals surface area (Å²) < 4.78 is 8.14. The molecule has 1 heterocycles. The first-order valence-corrected chi connectivity index (χ1v) is 9.25. The number of carbonyl (C=O) groups excluding carboxylic acids is 1. The Kier molecular flexibility index (Phi) is 5.21. The van der Waals surface area contributed by atoms with E-state index in [-0.39, 0.29) is 5.41 Å². The van der Waals surface area contributed by atoms with E-state index in [0.29, 0.717) is 16.5 Å². The summed E-state index contributed by atoms with van der Waals surface area (Å²) in [6, 6.07) is 16.0. The van der Waals surface area contributed by atoms with Gasteiger partial charge in [-0.2, -0.15) is 5.10 Å². The van der Waals surface area contributed by atoms with Gasteiger partial charge in [-0.15, -0.1) is 0 Å². The predicted octanol–water partition coefficient (Wildman–Crippen LogP) is 5.80. The SMILES string of the molecule is CC(C)(C)c1cc(OC(=O)c2ccc(Br)cc2)n(-c2cccc(Cl)c2)n1. The molecule has 0 N–H and O–H groups in total. The zero-order chi connectivity index (χ0) is 18.9. The second-order valence-corrected chi connectivity index (χ2v) is 8.26. The van der Waals surface area contributed by atoms with Crippen LogP contribution in [-0.4, -0.2) is 15.7 Å². The van der Waals surface area contributed by atoms with Crippen LogP contribution < -0.4 is 4.74 Å². The molecule has 6 heteroatoms. The topological polar surface area (TPSA) is 44.1 Å². The van der Waals surface area contributed by atoms with E-state index in [4.69, 9.17) is 16.3 Å². The van der Waals surface area contributed by atoms with E-state index in [9.17, 15) is 4.79 Å². The summed E-state index contributed by atoms with van der Waals surface area (Å²) in [5, 5.41) is 5.21. The highest BCUT2D eigenvalue weighted by Crippen LogP contribution is 2.29. The van der Waals surface area contributed by atoms with Gasteiger partial charge in [-0.1, -0.05) is 54.4 Å². The van der Waals surface area contributed by atoms with Crippen molar-refractivity contribution in [3.05, 3.63) is 75.4 Å². The van der Waals surface area contributed by atoms with Crippen LogP contribution in [0.3, 0.4) is 0 Å². The number of benzene rings is 2. The fourth-order valence-electron chi connectivity index (χ4n) is 2.34. The van der Waals surface area contributed by atoms with Gasteiger partial charge in [-0.3, -0.25) is 0 Å². The molecule has 4 nitrogen and oxygen atoms in total. The van der Waals surface area contributed by atoms with Crippen LogP contribution in [0.5, 0.6) is 5.88 Å². The number of aromatic nitrogens is 2. The Balaban J connectivity index is 2.00. The third-order valence-electron chi connectivity index (χ3n) is 3.78. The van der Waals surface area contributed by atoms with E-state index >= 15 is 0 Å². The average Bonchev–Trinajstić information content (AvgIpc) is 2.99. The molecule has 26 heavy (non-hydrogen) atoms. The van der Waals surface area contributed by atoms with Gasteiger partial charge in [-0.05, 0) is 42.5 Å². The van der Waals surface area contributed by atoms with Crippen LogP contribution in [-0.2, 0) is 5.41 Å². The Bertz CT molecular complexity index is 943. The molecule has 0 radical (unpaired) electrons. The highest BCUT2D eigenvalue weighted by molar-refractivity contribution is 9.10. The molecular formula is C20H18BrClN2O2. The van der Waals surface area contributed by atoms with Crippen molar-refractivity contribution >= 4 is 33.5 Å². The van der Waals surface area contributed by atoms with Crippen molar-refractivity contribution in [1.29, 1.82) is 0 Å². The standard InChI is InChI=1S/C20H18BrClN2O2/c1-20(2,3)17-12-18(24(23-17)16-6-4-5-15(22)11-16)26-19(25)13-7-9-14(21)10-8-13/h4-12H,1-3H3. The van der Waals surface area contributed by atoms with Gasteiger partial charge in [0.2, 0.25) is 5.88 Å². The van der Waals surface area contributed by atoms with E-state index in [1.165, 1.54) is 0 Å². The fourth-order valence-corrected chi connectivity index (χ4v) is 2.78. The van der Waals surface area contributed by atoms with Gasteiger partial charge in [-0.25, -0.2) is 9.48 Å². The number of carbonyl (C=O) groups is 1. The number of esters is 1. The highest BCUT2D eigenvalue weighted by atomic mass is 79.9. The molecule has 3 rings (SSSR count). The summed E-state index contributed by atoms with van der Waals surface area (Å²) in [5.74, 6) is -0.0914. The second kappa shape index (κ2) is 7.25. The third kappa shape index (κ3) is 4.17. The molecule has 0 amide bonds. The maximum absolute atomic E-state index is 12.5. The minimum Gasteiger partial charge on any atom is -0.404 e. The number of hydrogen-bond acceptors (Lipinski definition) is 3. The minimum atomic E-state index is -0.443. The molecule has 0 spiro atoms. The van der Waals surface area contributed by atoms with Gasteiger partial charge in [0.15, 0.2) is 0 Å². The third-order valence-corrected chi connectivity index (χ3v) is 4.54. The highest BCUT2D eigenvalue weighted by Gasteiger charge is 2.23. The first kappa shape index (κ1) is 18.7. The van der Waals surface area contributed by atoms with Crippen LogP contribution in [0.25, 0.3) is 5.69 Å². The number of nitrogens with zero attached hydrogens (tertiary/aromatic N) is 2. The first-order chi connectivity index (χ1) is 12.2. The number of ether oxygens (including phenoxy) is 1. The van der Waals surface area contributed by atoms with Gasteiger partial charge in [0, 0.05) is 21.0 Å². The molecule has 0 saturated heterocycles. The Labute approximate surface area is 165 Å². The molecule has 2 aromatic carbocycles. The lowest BCUT2D eigenvalue weighted by Gasteiger charge is -2.13. The number of rotatable bonds is 3. The molecule has 0 aliphatic heterocycles. The van der Waals surface area contributed by atoms with E-state index in [1.807, 2.05) is 12.1 Å². The van der Waals surface area contributed by atoms with Crippen molar-refractivity contribution in [3.63, 3.8) is 0 Å². The molecule has 0 bridgehead atoms. The van der Waals surface area contributed by atoms with Crippen LogP contribution >= 0.6 is 27.5 Å². The van der Waals surface area contributed by atoms with Crippen molar-refractivity contribution in [2.45, 2.75) is 26.2 Å². The summed E-state index contributed by atoms with van der Waals surface area (Å²) >= 11 is 9.46. The van der Waals surface area contributed by atoms with Crippen molar-refractivity contribution in [2.75, 3.05) is 0 Å². The lowest BCUT2D eigenvalue weighted by atomic mass is 9.93. The maximum Gasteiger partial charge on any atom is 0.344 e. The molecule has 0 unspecified atom stereocenters. The maximum atomic E-state index is 12.5. The Morgan fingerprint density at radius 3 is 2.42 bits per heavy atom. The molecule has 3 aromatic rings. The van der Waals surface area contributed by atoms with Crippen molar-refractivity contribution in [2.24, 2.45) is 0 Å².